The second-order valence-electron chi connectivity index (χ2n) is 6.10. The average molecular weight is 315 g/mol. The van der Waals surface area contributed by atoms with Crippen molar-refractivity contribution in [3.8, 4) is 11.6 Å². The van der Waals surface area contributed by atoms with E-state index in [1.165, 1.54) is 0 Å². The van der Waals surface area contributed by atoms with Gasteiger partial charge in [-0.2, -0.15) is 0 Å². The van der Waals surface area contributed by atoms with Crippen molar-refractivity contribution in [3.05, 3.63) is 47.9 Å². The van der Waals surface area contributed by atoms with E-state index in [-0.39, 0.29) is 0 Å². The Balaban J connectivity index is 1.88. The molecular weight excluding hydrogens is 294 g/mol. The van der Waals surface area contributed by atoms with Crippen LogP contribution in [0.15, 0.2) is 36.7 Å². The molecule has 0 aliphatic rings. The van der Waals surface area contributed by atoms with Gasteiger partial charge in [-0.3, -0.25) is 4.98 Å². The number of rotatable bonds is 4. The van der Waals surface area contributed by atoms with Crippen molar-refractivity contribution in [3.63, 3.8) is 0 Å². The normalized spacial score (nSPS) is 11.0. The summed E-state index contributed by atoms with van der Waals surface area (Å²) in [6.07, 6.45) is 2.79. The fourth-order valence-corrected chi connectivity index (χ4v) is 1.77. The zero-order chi connectivity index (χ0) is 16.9. The Morgan fingerprint density at radius 2 is 1.87 bits per heavy atom. The zero-order valence-corrected chi connectivity index (χ0v) is 13.8. The summed E-state index contributed by atoms with van der Waals surface area (Å²) in [6, 6.07) is 7.37. The summed E-state index contributed by atoms with van der Waals surface area (Å²) < 4.78 is 10.8. The van der Waals surface area contributed by atoms with Crippen LogP contribution in [0.2, 0.25) is 0 Å². The molecule has 0 aliphatic heterocycles. The number of carbonyl (C=O) groups is 1. The highest BCUT2D eigenvalue weighted by molar-refractivity contribution is 5.67. The summed E-state index contributed by atoms with van der Waals surface area (Å²) in [5, 5.41) is 2.71. The first-order valence-electron chi connectivity index (χ1n) is 7.34. The van der Waals surface area contributed by atoms with Gasteiger partial charge in [0.15, 0.2) is 0 Å². The van der Waals surface area contributed by atoms with Crippen molar-refractivity contribution in [1.82, 2.24) is 15.3 Å². The number of hydrogen-bond donors (Lipinski definition) is 1. The number of nitrogens with zero attached hydrogens (tertiary/aromatic N) is 2. The molecule has 0 fully saturated rings. The summed E-state index contributed by atoms with van der Waals surface area (Å²) in [5.41, 5.74) is 1.23. The van der Waals surface area contributed by atoms with Crippen LogP contribution in [0.25, 0.3) is 0 Å². The van der Waals surface area contributed by atoms with Crippen LogP contribution in [0.3, 0.4) is 0 Å². The third-order valence-electron chi connectivity index (χ3n) is 2.71. The number of hydrogen-bond acceptors (Lipinski definition) is 5. The summed E-state index contributed by atoms with van der Waals surface area (Å²) in [6.45, 7) is 7.72. The maximum absolute atomic E-state index is 11.6. The second-order valence-corrected chi connectivity index (χ2v) is 6.10. The van der Waals surface area contributed by atoms with Crippen LogP contribution in [-0.2, 0) is 11.3 Å². The number of alkyl carbamates (subject to hydrolysis) is 1. The first-order valence-corrected chi connectivity index (χ1v) is 7.34. The van der Waals surface area contributed by atoms with Gasteiger partial charge in [-0.15, -0.1) is 0 Å². The topological polar surface area (TPSA) is 73.3 Å². The van der Waals surface area contributed by atoms with Crippen LogP contribution >= 0.6 is 0 Å². The summed E-state index contributed by atoms with van der Waals surface area (Å²) in [5.74, 6) is 1.11. The Labute approximate surface area is 135 Å². The van der Waals surface area contributed by atoms with Crippen LogP contribution < -0.4 is 10.1 Å². The van der Waals surface area contributed by atoms with Gasteiger partial charge in [-0.1, -0.05) is 12.1 Å². The van der Waals surface area contributed by atoms with Crippen molar-refractivity contribution in [2.45, 2.75) is 39.8 Å². The summed E-state index contributed by atoms with van der Waals surface area (Å²) >= 11 is 0. The van der Waals surface area contributed by atoms with Gasteiger partial charge in [-0.25, -0.2) is 9.78 Å². The Kier molecular flexibility index (Phi) is 5.16. The number of benzene rings is 1. The molecule has 1 aromatic heterocycles. The van der Waals surface area contributed by atoms with Crippen LogP contribution in [0, 0.1) is 6.92 Å². The van der Waals surface area contributed by atoms with Gasteiger partial charge in [0.25, 0.3) is 0 Å². The Hall–Kier alpha value is -2.63. The molecule has 6 nitrogen and oxygen atoms in total. The minimum atomic E-state index is -0.503. The molecule has 1 aromatic carbocycles. The number of aryl methyl sites for hydroxylation is 1. The second kappa shape index (κ2) is 7.09. The lowest BCUT2D eigenvalue weighted by molar-refractivity contribution is 0.0523. The largest absolute Gasteiger partial charge is 0.444 e. The third-order valence-corrected chi connectivity index (χ3v) is 2.71. The number of amides is 1. The van der Waals surface area contributed by atoms with E-state index in [2.05, 4.69) is 15.3 Å². The van der Waals surface area contributed by atoms with Gasteiger partial charge < -0.3 is 14.8 Å². The minimum Gasteiger partial charge on any atom is -0.444 e. The fraction of sp³-hybridized carbons (Fsp3) is 0.353. The molecule has 0 spiro atoms. The molecule has 1 amide bonds. The van der Waals surface area contributed by atoms with Crippen molar-refractivity contribution < 1.29 is 14.3 Å². The molecule has 0 saturated heterocycles. The average Bonchev–Trinajstić information content (AvgIpc) is 2.45. The minimum absolute atomic E-state index is 0.388. The molecule has 0 atom stereocenters. The lowest BCUT2D eigenvalue weighted by atomic mass is 10.2. The highest BCUT2D eigenvalue weighted by Gasteiger charge is 2.15. The SMILES string of the molecule is Cc1cncc(Oc2ccc(CNC(=O)OC(C)(C)C)cc2)n1. The monoisotopic (exact) mass is 315 g/mol. The van der Waals surface area contributed by atoms with Crippen molar-refractivity contribution in [1.29, 1.82) is 0 Å². The fourth-order valence-electron chi connectivity index (χ4n) is 1.77. The van der Waals surface area contributed by atoms with E-state index in [0.717, 1.165) is 11.3 Å². The smallest absolute Gasteiger partial charge is 0.407 e. The van der Waals surface area contributed by atoms with Gasteiger partial charge in [0, 0.05) is 12.7 Å². The van der Waals surface area contributed by atoms with E-state index in [1.807, 2.05) is 52.0 Å². The van der Waals surface area contributed by atoms with E-state index < -0.39 is 11.7 Å². The maximum Gasteiger partial charge on any atom is 0.407 e. The quantitative estimate of drug-likeness (QED) is 0.933. The molecule has 0 radical (unpaired) electrons. The number of nitrogens with one attached hydrogen (secondary N) is 1. The first kappa shape index (κ1) is 16.7. The summed E-state index contributed by atoms with van der Waals surface area (Å²) in [4.78, 5) is 19.9. The molecule has 6 heteroatoms. The first-order chi connectivity index (χ1) is 10.8. The lowest BCUT2D eigenvalue weighted by Crippen LogP contribution is -2.32. The van der Waals surface area contributed by atoms with Gasteiger partial charge >= 0.3 is 6.09 Å². The molecule has 0 aliphatic carbocycles. The zero-order valence-electron chi connectivity index (χ0n) is 13.8. The molecule has 0 bridgehead atoms. The highest BCUT2D eigenvalue weighted by atomic mass is 16.6. The number of ether oxygens (including phenoxy) is 2. The Morgan fingerprint density at radius 3 is 2.48 bits per heavy atom. The van der Waals surface area contributed by atoms with Crippen LogP contribution in [0.5, 0.6) is 11.6 Å². The Morgan fingerprint density at radius 1 is 1.17 bits per heavy atom. The Bertz CT molecular complexity index is 664. The molecule has 0 unspecified atom stereocenters. The van der Waals surface area contributed by atoms with E-state index in [4.69, 9.17) is 9.47 Å². The predicted molar refractivity (Wildman–Crippen MR) is 86.4 cm³/mol. The molecule has 2 aromatic rings. The standard InChI is InChI=1S/C17H21N3O3/c1-12-9-18-11-15(20-12)22-14-7-5-13(6-8-14)10-19-16(21)23-17(2,3)4/h5-9,11H,10H2,1-4H3,(H,19,21). The summed E-state index contributed by atoms with van der Waals surface area (Å²) in [7, 11) is 0. The van der Waals surface area contributed by atoms with Crippen LogP contribution in [0.4, 0.5) is 4.79 Å². The molecule has 2 rings (SSSR count). The van der Waals surface area contributed by atoms with Gasteiger partial charge in [-0.05, 0) is 45.4 Å². The predicted octanol–water partition coefficient (Wildman–Crippen LogP) is 3.60. The lowest BCUT2D eigenvalue weighted by Gasteiger charge is -2.19. The number of aromatic nitrogens is 2. The van der Waals surface area contributed by atoms with Gasteiger partial charge in [0.2, 0.25) is 5.88 Å². The highest BCUT2D eigenvalue weighted by Crippen LogP contribution is 2.19. The van der Waals surface area contributed by atoms with Crippen molar-refractivity contribution in [2.75, 3.05) is 0 Å². The molecular formula is C17H21N3O3. The van der Waals surface area contributed by atoms with Crippen LogP contribution in [-0.4, -0.2) is 21.7 Å². The molecule has 122 valence electrons. The molecule has 1 N–H and O–H groups in total. The van der Waals surface area contributed by atoms with E-state index in [9.17, 15) is 4.79 Å². The van der Waals surface area contributed by atoms with Gasteiger partial charge in [0.05, 0.1) is 11.9 Å². The van der Waals surface area contributed by atoms with Crippen LogP contribution in [0.1, 0.15) is 32.0 Å². The molecule has 23 heavy (non-hydrogen) atoms. The molecule has 1 heterocycles. The van der Waals surface area contributed by atoms with Crippen molar-refractivity contribution >= 4 is 6.09 Å². The van der Waals surface area contributed by atoms with E-state index in [0.29, 0.717) is 18.2 Å². The number of carbonyl (C=O) groups excluding carboxylic acids is 1. The van der Waals surface area contributed by atoms with E-state index in [1.54, 1.807) is 12.4 Å². The van der Waals surface area contributed by atoms with E-state index >= 15 is 0 Å². The van der Waals surface area contributed by atoms with Crippen molar-refractivity contribution in [2.24, 2.45) is 0 Å². The third kappa shape index (κ3) is 5.94. The maximum atomic E-state index is 11.6. The van der Waals surface area contributed by atoms with Gasteiger partial charge in [0.1, 0.15) is 11.4 Å². The molecule has 0 saturated carbocycles.